The van der Waals surface area contributed by atoms with E-state index in [1.54, 1.807) is 0 Å². The van der Waals surface area contributed by atoms with Crippen molar-refractivity contribution in [2.75, 3.05) is 0 Å². The Hall–Kier alpha value is -0.260. The van der Waals surface area contributed by atoms with Crippen LogP contribution in [0, 0.1) is 28.6 Å². The molecule has 0 aromatic carbocycles. The van der Waals surface area contributed by atoms with Gasteiger partial charge in [0.15, 0.2) is 0 Å². The molecular formula is C18H30. The minimum Gasteiger partial charge on any atom is -0.0999 e. The van der Waals surface area contributed by atoms with Gasteiger partial charge >= 0.3 is 0 Å². The summed E-state index contributed by atoms with van der Waals surface area (Å²) in [7, 11) is 0. The summed E-state index contributed by atoms with van der Waals surface area (Å²) in [5.74, 6) is 2.88. The Labute approximate surface area is 113 Å². The summed E-state index contributed by atoms with van der Waals surface area (Å²) in [5.41, 5.74) is 2.79. The Kier molecular flexibility index (Phi) is 2.92. The third-order valence-electron chi connectivity index (χ3n) is 7.12. The number of hydrogen-bond acceptors (Lipinski definition) is 0. The molecule has 0 aromatic heterocycles. The molecule has 3 rings (SSSR count). The van der Waals surface area contributed by atoms with E-state index < -0.39 is 0 Å². The summed E-state index contributed by atoms with van der Waals surface area (Å²) in [4.78, 5) is 0. The first-order chi connectivity index (χ1) is 8.46. The van der Waals surface area contributed by atoms with Gasteiger partial charge in [-0.3, -0.25) is 0 Å². The Morgan fingerprint density at radius 2 is 1.89 bits per heavy atom. The molecule has 102 valence electrons. The van der Waals surface area contributed by atoms with Gasteiger partial charge in [0, 0.05) is 0 Å². The summed E-state index contributed by atoms with van der Waals surface area (Å²) < 4.78 is 0. The van der Waals surface area contributed by atoms with Gasteiger partial charge < -0.3 is 0 Å². The molecule has 0 saturated heterocycles. The van der Waals surface area contributed by atoms with Gasteiger partial charge in [0.25, 0.3) is 0 Å². The molecule has 5 atom stereocenters. The van der Waals surface area contributed by atoms with E-state index in [2.05, 4.69) is 27.4 Å². The van der Waals surface area contributed by atoms with Gasteiger partial charge in [0.1, 0.15) is 0 Å². The highest BCUT2D eigenvalue weighted by atomic mass is 14.6. The molecule has 3 fully saturated rings. The van der Waals surface area contributed by atoms with Crippen molar-refractivity contribution >= 4 is 0 Å². The summed E-state index contributed by atoms with van der Waals surface area (Å²) in [5, 5.41) is 0. The fraction of sp³-hybridized carbons (Fsp3) is 0.889. The number of hydrogen-bond donors (Lipinski definition) is 0. The first-order valence-corrected chi connectivity index (χ1v) is 8.12. The molecule has 0 heteroatoms. The number of rotatable bonds is 0. The van der Waals surface area contributed by atoms with E-state index >= 15 is 0 Å². The predicted octanol–water partition coefficient (Wildman–Crippen LogP) is 5.59. The molecule has 0 heterocycles. The largest absolute Gasteiger partial charge is 0.0999 e. The molecule has 0 spiro atoms. The molecule has 0 N–H and O–H groups in total. The standard InChI is InChI=1S/C18H30/c1-13-7-10-17(3)11-8-15-14(2)6-5-9-18(15,4)16(17)12-13/h14-16H,1,5-12H2,2-4H3/t14-,15?,16?,17?,18?/m0/s1. The van der Waals surface area contributed by atoms with E-state index in [-0.39, 0.29) is 0 Å². The van der Waals surface area contributed by atoms with Crippen LogP contribution in [0.3, 0.4) is 0 Å². The molecule has 0 nitrogen and oxygen atoms in total. The SMILES string of the molecule is C=C1CCC2(C)CCC3[C@@H](C)CCCC3(C)C2C1. The molecule has 0 aliphatic heterocycles. The third kappa shape index (κ3) is 1.71. The van der Waals surface area contributed by atoms with Crippen LogP contribution < -0.4 is 0 Å². The summed E-state index contributed by atoms with van der Waals surface area (Å²) >= 11 is 0. The smallest absolute Gasteiger partial charge is 0.0258 e. The highest BCUT2D eigenvalue weighted by Gasteiger charge is 2.56. The maximum absolute atomic E-state index is 4.32. The molecule has 0 aromatic rings. The normalized spacial score (nSPS) is 52.6. The van der Waals surface area contributed by atoms with E-state index in [1.165, 1.54) is 56.9 Å². The van der Waals surface area contributed by atoms with Crippen LogP contribution >= 0.6 is 0 Å². The van der Waals surface area contributed by atoms with E-state index in [4.69, 9.17) is 0 Å². The third-order valence-corrected chi connectivity index (χ3v) is 7.12. The molecule has 18 heavy (non-hydrogen) atoms. The van der Waals surface area contributed by atoms with Crippen LogP contribution in [0.15, 0.2) is 12.2 Å². The average molecular weight is 246 g/mol. The van der Waals surface area contributed by atoms with Crippen LogP contribution in [0.25, 0.3) is 0 Å². The first-order valence-electron chi connectivity index (χ1n) is 8.12. The quantitative estimate of drug-likeness (QED) is 0.489. The molecular weight excluding hydrogens is 216 g/mol. The Morgan fingerprint density at radius 1 is 1.11 bits per heavy atom. The highest BCUT2D eigenvalue weighted by molar-refractivity contribution is 5.13. The van der Waals surface area contributed by atoms with Crippen LogP contribution in [0.2, 0.25) is 0 Å². The van der Waals surface area contributed by atoms with Crippen molar-refractivity contribution in [1.82, 2.24) is 0 Å². The fourth-order valence-electron chi connectivity index (χ4n) is 5.98. The van der Waals surface area contributed by atoms with Gasteiger partial charge in [-0.05, 0) is 67.1 Å². The van der Waals surface area contributed by atoms with E-state index in [0.29, 0.717) is 10.8 Å². The van der Waals surface area contributed by atoms with Crippen LogP contribution in [0.4, 0.5) is 0 Å². The van der Waals surface area contributed by atoms with Crippen molar-refractivity contribution in [3.8, 4) is 0 Å². The van der Waals surface area contributed by atoms with Crippen molar-refractivity contribution in [2.24, 2.45) is 28.6 Å². The van der Waals surface area contributed by atoms with Gasteiger partial charge in [-0.2, -0.15) is 0 Å². The average Bonchev–Trinajstić information content (AvgIpc) is 2.31. The fourth-order valence-corrected chi connectivity index (χ4v) is 5.98. The van der Waals surface area contributed by atoms with Crippen molar-refractivity contribution in [2.45, 2.75) is 72.1 Å². The van der Waals surface area contributed by atoms with E-state index in [9.17, 15) is 0 Å². The lowest BCUT2D eigenvalue weighted by Crippen LogP contribution is -2.53. The lowest BCUT2D eigenvalue weighted by molar-refractivity contribution is -0.110. The summed E-state index contributed by atoms with van der Waals surface area (Å²) in [6.07, 6.45) is 11.4. The zero-order chi connectivity index (χ0) is 13.0. The van der Waals surface area contributed by atoms with Crippen LogP contribution in [-0.4, -0.2) is 0 Å². The van der Waals surface area contributed by atoms with E-state index in [0.717, 1.165) is 17.8 Å². The molecule has 4 unspecified atom stereocenters. The first kappa shape index (κ1) is 12.8. The van der Waals surface area contributed by atoms with Crippen molar-refractivity contribution < 1.29 is 0 Å². The molecule has 3 saturated carbocycles. The van der Waals surface area contributed by atoms with Crippen LogP contribution in [0.1, 0.15) is 72.1 Å². The maximum Gasteiger partial charge on any atom is -0.0258 e. The van der Waals surface area contributed by atoms with Crippen LogP contribution in [-0.2, 0) is 0 Å². The molecule has 0 radical (unpaired) electrons. The van der Waals surface area contributed by atoms with Gasteiger partial charge in [-0.1, -0.05) is 45.8 Å². The van der Waals surface area contributed by atoms with Crippen molar-refractivity contribution in [3.05, 3.63) is 12.2 Å². The lowest BCUT2D eigenvalue weighted by Gasteiger charge is -2.62. The predicted molar refractivity (Wildman–Crippen MR) is 78.4 cm³/mol. The lowest BCUT2D eigenvalue weighted by atomic mass is 9.43. The number of fused-ring (bicyclic) bond motifs is 3. The zero-order valence-corrected chi connectivity index (χ0v) is 12.6. The second-order valence-corrected chi connectivity index (χ2v) is 8.18. The van der Waals surface area contributed by atoms with Crippen molar-refractivity contribution in [3.63, 3.8) is 0 Å². The van der Waals surface area contributed by atoms with Gasteiger partial charge in [0.05, 0.1) is 0 Å². The molecule has 3 aliphatic carbocycles. The second-order valence-electron chi connectivity index (χ2n) is 8.18. The van der Waals surface area contributed by atoms with Gasteiger partial charge in [-0.15, -0.1) is 0 Å². The van der Waals surface area contributed by atoms with Crippen molar-refractivity contribution in [1.29, 1.82) is 0 Å². The molecule has 3 aliphatic rings. The Bertz CT molecular complexity index is 355. The Balaban J connectivity index is 1.95. The summed E-state index contributed by atoms with van der Waals surface area (Å²) in [6.45, 7) is 12.1. The molecule has 0 bridgehead atoms. The van der Waals surface area contributed by atoms with Gasteiger partial charge in [0.2, 0.25) is 0 Å². The minimum absolute atomic E-state index is 0.619. The number of allylic oxidation sites excluding steroid dienone is 1. The van der Waals surface area contributed by atoms with Gasteiger partial charge in [-0.25, -0.2) is 0 Å². The minimum atomic E-state index is 0.619. The molecule has 0 amide bonds. The Morgan fingerprint density at radius 3 is 2.67 bits per heavy atom. The van der Waals surface area contributed by atoms with E-state index in [1.807, 2.05) is 0 Å². The maximum atomic E-state index is 4.32. The summed E-state index contributed by atoms with van der Waals surface area (Å²) in [6, 6.07) is 0. The van der Waals surface area contributed by atoms with Crippen LogP contribution in [0.5, 0.6) is 0 Å². The topological polar surface area (TPSA) is 0 Å². The zero-order valence-electron chi connectivity index (χ0n) is 12.6. The second kappa shape index (κ2) is 4.12. The highest BCUT2D eigenvalue weighted by Crippen LogP contribution is 2.65. The monoisotopic (exact) mass is 246 g/mol.